The van der Waals surface area contributed by atoms with Gasteiger partial charge in [0.15, 0.2) is 9.84 Å². The summed E-state index contributed by atoms with van der Waals surface area (Å²) < 4.78 is 27.4. The van der Waals surface area contributed by atoms with Crippen LogP contribution in [0.3, 0.4) is 0 Å². The molecule has 1 aromatic rings. The van der Waals surface area contributed by atoms with E-state index in [2.05, 4.69) is 5.32 Å². The molecular weight excluding hydrogens is 214 g/mol. The number of nitrogens with one attached hydrogen (secondary N) is 1. The van der Waals surface area contributed by atoms with Gasteiger partial charge < -0.3 is 9.73 Å². The third kappa shape index (κ3) is 3.68. The molecule has 0 aromatic carbocycles. The fourth-order valence-corrected chi connectivity index (χ4v) is 2.06. The van der Waals surface area contributed by atoms with Gasteiger partial charge in [0.05, 0.1) is 6.54 Å². The molecule has 1 heterocycles. The Bertz CT molecular complexity index is 431. The van der Waals surface area contributed by atoms with Gasteiger partial charge in [0.1, 0.15) is 17.3 Å². The molecular formula is C10H15NO3S. The molecule has 2 rings (SSSR count). The van der Waals surface area contributed by atoms with Crippen LogP contribution >= 0.6 is 0 Å². The molecule has 1 aromatic heterocycles. The summed E-state index contributed by atoms with van der Waals surface area (Å²) >= 11 is 0. The number of sulfone groups is 1. The highest BCUT2D eigenvalue weighted by atomic mass is 32.2. The van der Waals surface area contributed by atoms with Crippen molar-refractivity contribution in [3.63, 3.8) is 0 Å². The largest absolute Gasteiger partial charge is 0.464 e. The van der Waals surface area contributed by atoms with Crippen molar-refractivity contribution in [1.82, 2.24) is 5.32 Å². The molecule has 0 saturated heterocycles. The van der Waals surface area contributed by atoms with Crippen molar-refractivity contribution in [2.24, 2.45) is 0 Å². The number of hydrogen-bond donors (Lipinski definition) is 1. The van der Waals surface area contributed by atoms with Crippen molar-refractivity contribution in [3.05, 3.63) is 23.7 Å². The van der Waals surface area contributed by atoms with Crippen LogP contribution in [0.25, 0.3) is 0 Å². The van der Waals surface area contributed by atoms with Gasteiger partial charge in [-0.1, -0.05) is 0 Å². The van der Waals surface area contributed by atoms with Crippen molar-refractivity contribution >= 4 is 9.84 Å². The molecule has 0 unspecified atom stereocenters. The Balaban J connectivity index is 1.90. The fourth-order valence-electron chi connectivity index (χ4n) is 1.39. The molecule has 0 spiro atoms. The molecule has 5 heteroatoms. The minimum Gasteiger partial charge on any atom is -0.464 e. The molecule has 15 heavy (non-hydrogen) atoms. The quantitative estimate of drug-likeness (QED) is 0.820. The monoisotopic (exact) mass is 229 g/mol. The van der Waals surface area contributed by atoms with Crippen molar-refractivity contribution in [2.75, 3.05) is 6.26 Å². The van der Waals surface area contributed by atoms with Crippen molar-refractivity contribution in [1.29, 1.82) is 0 Å². The molecule has 1 N–H and O–H groups in total. The third-order valence-electron chi connectivity index (χ3n) is 2.26. The summed E-state index contributed by atoms with van der Waals surface area (Å²) in [7, 11) is -3.00. The Morgan fingerprint density at radius 1 is 1.40 bits per heavy atom. The molecule has 0 aliphatic heterocycles. The van der Waals surface area contributed by atoms with Crippen LogP contribution in [0.4, 0.5) is 0 Å². The lowest BCUT2D eigenvalue weighted by Gasteiger charge is -1.98. The Kier molecular flexibility index (Phi) is 2.84. The van der Waals surface area contributed by atoms with E-state index in [1.807, 2.05) is 6.07 Å². The molecule has 0 bridgehead atoms. The predicted molar refractivity (Wildman–Crippen MR) is 57.1 cm³/mol. The van der Waals surface area contributed by atoms with Gasteiger partial charge in [-0.2, -0.15) is 0 Å². The highest BCUT2D eigenvalue weighted by Crippen LogP contribution is 2.19. The van der Waals surface area contributed by atoms with Crippen LogP contribution in [0, 0.1) is 0 Å². The van der Waals surface area contributed by atoms with Gasteiger partial charge >= 0.3 is 0 Å². The van der Waals surface area contributed by atoms with Gasteiger partial charge in [-0.05, 0) is 25.0 Å². The Morgan fingerprint density at radius 3 is 2.67 bits per heavy atom. The number of hydrogen-bond acceptors (Lipinski definition) is 4. The molecule has 84 valence electrons. The smallest absolute Gasteiger partial charge is 0.154 e. The van der Waals surface area contributed by atoms with Crippen LogP contribution in [0.1, 0.15) is 24.4 Å². The van der Waals surface area contributed by atoms with Crippen molar-refractivity contribution in [2.45, 2.75) is 31.2 Å². The van der Waals surface area contributed by atoms with Crippen LogP contribution in [-0.2, 0) is 22.1 Å². The van der Waals surface area contributed by atoms with Crippen LogP contribution in [-0.4, -0.2) is 20.7 Å². The highest BCUT2D eigenvalue weighted by molar-refractivity contribution is 7.89. The summed E-state index contributed by atoms with van der Waals surface area (Å²) in [6.45, 7) is 0.689. The first-order chi connectivity index (χ1) is 7.03. The first kappa shape index (κ1) is 10.7. The first-order valence-electron chi connectivity index (χ1n) is 5.02. The van der Waals surface area contributed by atoms with Gasteiger partial charge in [0.25, 0.3) is 0 Å². The minimum atomic E-state index is -3.00. The Hall–Kier alpha value is -0.810. The second-order valence-corrected chi connectivity index (χ2v) is 6.23. The van der Waals surface area contributed by atoms with E-state index in [1.165, 1.54) is 19.1 Å². The van der Waals surface area contributed by atoms with Gasteiger partial charge in [-0.3, -0.25) is 0 Å². The number of furan rings is 1. The highest BCUT2D eigenvalue weighted by Gasteiger charge is 2.20. The zero-order valence-electron chi connectivity index (χ0n) is 8.69. The zero-order chi connectivity index (χ0) is 10.9. The standard InChI is InChI=1S/C10H15NO3S/c1-15(12,13)7-10-5-4-9(14-10)6-11-8-2-3-8/h4-5,8,11H,2-3,6-7H2,1H3. The summed E-state index contributed by atoms with van der Waals surface area (Å²) in [5, 5.41) is 3.31. The lowest BCUT2D eigenvalue weighted by molar-refractivity contribution is 0.455. The van der Waals surface area contributed by atoms with Crippen LogP contribution in [0.15, 0.2) is 16.5 Å². The number of rotatable bonds is 5. The van der Waals surface area contributed by atoms with E-state index in [0.717, 1.165) is 5.76 Å². The fraction of sp³-hybridized carbons (Fsp3) is 0.600. The first-order valence-corrected chi connectivity index (χ1v) is 7.08. The van der Waals surface area contributed by atoms with E-state index in [4.69, 9.17) is 4.42 Å². The Morgan fingerprint density at radius 2 is 2.07 bits per heavy atom. The molecule has 0 amide bonds. The average Bonchev–Trinajstić information content (AvgIpc) is 2.83. The topological polar surface area (TPSA) is 59.3 Å². The minimum absolute atomic E-state index is 0.0174. The molecule has 1 fully saturated rings. The second kappa shape index (κ2) is 3.98. The normalized spacial score (nSPS) is 16.9. The van der Waals surface area contributed by atoms with Crippen molar-refractivity contribution in [3.8, 4) is 0 Å². The van der Waals surface area contributed by atoms with Crippen LogP contribution in [0.5, 0.6) is 0 Å². The summed E-state index contributed by atoms with van der Waals surface area (Å²) in [6.07, 6.45) is 3.67. The maximum atomic E-state index is 11.0. The van der Waals surface area contributed by atoms with Crippen molar-refractivity contribution < 1.29 is 12.8 Å². The molecule has 1 saturated carbocycles. The molecule has 0 atom stereocenters. The van der Waals surface area contributed by atoms with E-state index in [-0.39, 0.29) is 5.75 Å². The van der Waals surface area contributed by atoms with Gasteiger partial charge in [0, 0.05) is 12.3 Å². The summed E-state index contributed by atoms with van der Waals surface area (Å²) in [6, 6.07) is 4.19. The SMILES string of the molecule is CS(=O)(=O)Cc1ccc(CNC2CC2)o1. The average molecular weight is 229 g/mol. The van der Waals surface area contributed by atoms with E-state index < -0.39 is 9.84 Å². The lowest BCUT2D eigenvalue weighted by atomic mass is 10.4. The molecule has 0 radical (unpaired) electrons. The zero-order valence-corrected chi connectivity index (χ0v) is 9.51. The Labute approximate surface area is 89.6 Å². The molecule has 1 aliphatic carbocycles. The van der Waals surface area contributed by atoms with E-state index >= 15 is 0 Å². The second-order valence-electron chi connectivity index (χ2n) is 4.09. The van der Waals surface area contributed by atoms with Gasteiger partial charge in [0.2, 0.25) is 0 Å². The third-order valence-corrected chi connectivity index (χ3v) is 3.07. The maximum Gasteiger partial charge on any atom is 0.154 e. The van der Waals surface area contributed by atoms with E-state index in [9.17, 15) is 8.42 Å². The summed E-state index contributed by atoms with van der Waals surface area (Å²) in [5.74, 6) is 1.31. The van der Waals surface area contributed by atoms with Gasteiger partial charge in [-0.15, -0.1) is 0 Å². The van der Waals surface area contributed by atoms with E-state index in [0.29, 0.717) is 18.3 Å². The summed E-state index contributed by atoms with van der Waals surface area (Å²) in [4.78, 5) is 0. The van der Waals surface area contributed by atoms with Crippen LogP contribution < -0.4 is 5.32 Å². The predicted octanol–water partition coefficient (Wildman–Crippen LogP) is 1.08. The molecule has 4 nitrogen and oxygen atoms in total. The van der Waals surface area contributed by atoms with E-state index in [1.54, 1.807) is 6.07 Å². The lowest BCUT2D eigenvalue weighted by Crippen LogP contribution is -2.14. The summed E-state index contributed by atoms with van der Waals surface area (Å²) in [5.41, 5.74) is 0. The molecule has 1 aliphatic rings. The maximum absolute atomic E-state index is 11.0. The van der Waals surface area contributed by atoms with Gasteiger partial charge in [-0.25, -0.2) is 8.42 Å². The van der Waals surface area contributed by atoms with Crippen LogP contribution in [0.2, 0.25) is 0 Å².